The van der Waals surface area contributed by atoms with Crippen molar-refractivity contribution in [1.82, 2.24) is 9.55 Å². The normalized spacial score (nSPS) is 10.2. The third kappa shape index (κ3) is 1.40. The van der Waals surface area contributed by atoms with Crippen molar-refractivity contribution in [3.05, 3.63) is 42.5 Å². The molecule has 1 heterocycles. The molecular weight excluding hydrogens is 162 g/mol. The number of nitrogen functional groups attached to an aromatic ring is 1. The van der Waals surface area contributed by atoms with Gasteiger partial charge in [0.2, 0.25) is 0 Å². The fraction of sp³-hybridized carbons (Fsp3) is 0.100. The number of rotatable bonds is 1. The van der Waals surface area contributed by atoms with Crippen molar-refractivity contribution < 1.29 is 0 Å². The van der Waals surface area contributed by atoms with Gasteiger partial charge in [0.15, 0.2) is 0 Å². The van der Waals surface area contributed by atoms with E-state index < -0.39 is 0 Å². The van der Waals surface area contributed by atoms with E-state index in [1.54, 1.807) is 12.5 Å². The van der Waals surface area contributed by atoms with Gasteiger partial charge in [-0.05, 0) is 24.6 Å². The zero-order chi connectivity index (χ0) is 9.26. The molecule has 1 aromatic heterocycles. The Labute approximate surface area is 76.8 Å². The number of aryl methyl sites for hydroxylation is 1. The molecule has 0 aliphatic carbocycles. The molecule has 0 fully saturated rings. The highest BCUT2D eigenvalue weighted by atomic mass is 15.0. The van der Waals surface area contributed by atoms with Gasteiger partial charge in [0.25, 0.3) is 0 Å². The molecule has 3 nitrogen and oxygen atoms in total. The van der Waals surface area contributed by atoms with Crippen LogP contribution in [0.5, 0.6) is 0 Å². The summed E-state index contributed by atoms with van der Waals surface area (Å²) >= 11 is 0. The molecule has 0 unspecified atom stereocenters. The van der Waals surface area contributed by atoms with Crippen molar-refractivity contribution in [3.63, 3.8) is 0 Å². The first-order valence-corrected chi connectivity index (χ1v) is 4.12. The standard InChI is InChI=1S/C10H11N3/c1-8-2-3-9(11)10(6-8)13-5-4-12-7-13/h2-7H,11H2,1H3. The zero-order valence-electron chi connectivity index (χ0n) is 7.44. The van der Waals surface area contributed by atoms with Crippen LogP contribution in [0.15, 0.2) is 36.9 Å². The maximum absolute atomic E-state index is 5.83. The molecule has 2 rings (SSSR count). The van der Waals surface area contributed by atoms with Crippen LogP contribution >= 0.6 is 0 Å². The fourth-order valence-electron chi connectivity index (χ4n) is 1.28. The largest absolute Gasteiger partial charge is 0.397 e. The van der Waals surface area contributed by atoms with E-state index in [1.807, 2.05) is 35.9 Å². The smallest absolute Gasteiger partial charge is 0.0992 e. The van der Waals surface area contributed by atoms with Crippen molar-refractivity contribution in [1.29, 1.82) is 0 Å². The Balaban J connectivity index is 2.57. The van der Waals surface area contributed by atoms with Crippen molar-refractivity contribution in [3.8, 4) is 5.69 Å². The fourth-order valence-corrected chi connectivity index (χ4v) is 1.28. The lowest BCUT2D eigenvalue weighted by Crippen LogP contribution is -1.97. The second kappa shape index (κ2) is 2.94. The van der Waals surface area contributed by atoms with Gasteiger partial charge in [-0.3, -0.25) is 0 Å². The summed E-state index contributed by atoms with van der Waals surface area (Å²) in [6.07, 6.45) is 5.36. The van der Waals surface area contributed by atoms with E-state index in [0.29, 0.717) is 0 Å². The summed E-state index contributed by atoms with van der Waals surface area (Å²) in [5.41, 5.74) is 8.78. The summed E-state index contributed by atoms with van der Waals surface area (Å²) in [6, 6.07) is 5.94. The Morgan fingerprint density at radius 1 is 1.38 bits per heavy atom. The number of hydrogen-bond acceptors (Lipinski definition) is 2. The van der Waals surface area contributed by atoms with Crippen molar-refractivity contribution in [2.75, 3.05) is 5.73 Å². The predicted molar refractivity (Wildman–Crippen MR) is 52.7 cm³/mol. The SMILES string of the molecule is Cc1ccc(N)c(-n2ccnc2)c1. The Bertz CT molecular complexity index is 404. The molecule has 0 bridgehead atoms. The van der Waals surface area contributed by atoms with Crippen LogP contribution in [0.2, 0.25) is 0 Å². The lowest BCUT2D eigenvalue weighted by Gasteiger charge is -2.06. The third-order valence-corrected chi connectivity index (χ3v) is 1.97. The highest BCUT2D eigenvalue weighted by Crippen LogP contribution is 2.17. The third-order valence-electron chi connectivity index (χ3n) is 1.97. The quantitative estimate of drug-likeness (QED) is 0.668. The second-order valence-electron chi connectivity index (χ2n) is 3.03. The summed E-state index contributed by atoms with van der Waals surface area (Å²) in [4.78, 5) is 3.98. The van der Waals surface area contributed by atoms with Gasteiger partial charge in [-0.25, -0.2) is 4.98 Å². The number of aromatic nitrogens is 2. The van der Waals surface area contributed by atoms with Crippen molar-refractivity contribution in [2.24, 2.45) is 0 Å². The van der Waals surface area contributed by atoms with E-state index in [2.05, 4.69) is 4.98 Å². The molecule has 1 aromatic carbocycles. The van der Waals surface area contributed by atoms with E-state index in [0.717, 1.165) is 11.4 Å². The molecular formula is C10H11N3. The van der Waals surface area contributed by atoms with Crippen LogP contribution in [0.3, 0.4) is 0 Å². The monoisotopic (exact) mass is 173 g/mol. The molecule has 0 amide bonds. The van der Waals surface area contributed by atoms with Crippen LogP contribution in [-0.2, 0) is 0 Å². The lowest BCUT2D eigenvalue weighted by molar-refractivity contribution is 1.06. The summed E-state index contributed by atoms with van der Waals surface area (Å²) < 4.78 is 1.91. The van der Waals surface area contributed by atoms with Crippen LogP contribution in [0.1, 0.15) is 5.56 Å². The minimum Gasteiger partial charge on any atom is -0.397 e. The molecule has 0 radical (unpaired) electrons. The number of nitrogens with two attached hydrogens (primary N) is 1. The number of benzene rings is 1. The summed E-state index contributed by atoms with van der Waals surface area (Å²) in [5, 5.41) is 0. The van der Waals surface area contributed by atoms with Crippen LogP contribution in [-0.4, -0.2) is 9.55 Å². The Morgan fingerprint density at radius 2 is 2.23 bits per heavy atom. The van der Waals surface area contributed by atoms with Gasteiger partial charge >= 0.3 is 0 Å². The Kier molecular flexibility index (Phi) is 1.77. The molecule has 0 saturated carbocycles. The number of imidazole rings is 1. The summed E-state index contributed by atoms with van der Waals surface area (Å²) in [5.74, 6) is 0. The average molecular weight is 173 g/mol. The molecule has 2 N–H and O–H groups in total. The maximum atomic E-state index is 5.83. The van der Waals surface area contributed by atoms with Crippen molar-refractivity contribution >= 4 is 5.69 Å². The first-order chi connectivity index (χ1) is 6.27. The van der Waals surface area contributed by atoms with Gasteiger partial charge < -0.3 is 10.3 Å². The number of anilines is 1. The van der Waals surface area contributed by atoms with E-state index in [-0.39, 0.29) is 0 Å². The zero-order valence-corrected chi connectivity index (χ0v) is 7.44. The molecule has 0 atom stereocenters. The molecule has 0 saturated heterocycles. The second-order valence-corrected chi connectivity index (χ2v) is 3.03. The van der Waals surface area contributed by atoms with E-state index in [9.17, 15) is 0 Å². The van der Waals surface area contributed by atoms with E-state index in [4.69, 9.17) is 5.73 Å². The maximum Gasteiger partial charge on any atom is 0.0992 e. The Hall–Kier alpha value is -1.77. The van der Waals surface area contributed by atoms with Gasteiger partial charge in [0, 0.05) is 12.4 Å². The average Bonchev–Trinajstić information content (AvgIpc) is 2.61. The molecule has 0 aliphatic rings. The van der Waals surface area contributed by atoms with Gasteiger partial charge in [-0.1, -0.05) is 6.07 Å². The van der Waals surface area contributed by atoms with Crippen LogP contribution in [0.4, 0.5) is 5.69 Å². The molecule has 13 heavy (non-hydrogen) atoms. The van der Waals surface area contributed by atoms with Crippen LogP contribution in [0, 0.1) is 6.92 Å². The van der Waals surface area contributed by atoms with Gasteiger partial charge in [0.05, 0.1) is 17.7 Å². The van der Waals surface area contributed by atoms with E-state index >= 15 is 0 Å². The first kappa shape index (κ1) is 7.86. The number of nitrogens with zero attached hydrogens (tertiary/aromatic N) is 2. The minimum atomic E-state index is 0.767. The molecule has 2 aromatic rings. The molecule has 0 aliphatic heterocycles. The van der Waals surface area contributed by atoms with E-state index in [1.165, 1.54) is 5.56 Å². The van der Waals surface area contributed by atoms with Crippen LogP contribution in [0.25, 0.3) is 5.69 Å². The Morgan fingerprint density at radius 3 is 2.92 bits per heavy atom. The highest BCUT2D eigenvalue weighted by molar-refractivity contribution is 5.58. The van der Waals surface area contributed by atoms with Gasteiger partial charge in [-0.2, -0.15) is 0 Å². The predicted octanol–water partition coefficient (Wildman–Crippen LogP) is 1.76. The van der Waals surface area contributed by atoms with Gasteiger partial charge in [0.1, 0.15) is 0 Å². The highest BCUT2D eigenvalue weighted by Gasteiger charge is 2.00. The summed E-state index contributed by atoms with van der Waals surface area (Å²) in [6.45, 7) is 2.04. The lowest BCUT2D eigenvalue weighted by atomic mass is 10.2. The van der Waals surface area contributed by atoms with Crippen molar-refractivity contribution in [2.45, 2.75) is 6.92 Å². The van der Waals surface area contributed by atoms with Gasteiger partial charge in [-0.15, -0.1) is 0 Å². The molecule has 66 valence electrons. The molecule has 0 spiro atoms. The topological polar surface area (TPSA) is 43.8 Å². The minimum absolute atomic E-state index is 0.767. The first-order valence-electron chi connectivity index (χ1n) is 4.12. The van der Waals surface area contributed by atoms with Crippen LogP contribution < -0.4 is 5.73 Å². The molecule has 3 heteroatoms. The summed E-state index contributed by atoms with van der Waals surface area (Å²) in [7, 11) is 0. The number of hydrogen-bond donors (Lipinski definition) is 1.